The lowest BCUT2D eigenvalue weighted by atomic mass is 10.2. The molecule has 0 aliphatic carbocycles. The fraction of sp³-hybridized carbons (Fsp3) is 0.179. The van der Waals surface area contributed by atoms with Crippen molar-refractivity contribution in [2.45, 2.75) is 32.9 Å². The highest BCUT2D eigenvalue weighted by Gasteiger charge is 2.19. The van der Waals surface area contributed by atoms with Gasteiger partial charge in [0.15, 0.2) is 0 Å². The van der Waals surface area contributed by atoms with Crippen LogP contribution in [0.15, 0.2) is 83.9 Å². The predicted octanol–water partition coefficient (Wildman–Crippen LogP) is 6.07. The van der Waals surface area contributed by atoms with Gasteiger partial charge >= 0.3 is 6.09 Å². The summed E-state index contributed by atoms with van der Waals surface area (Å²) in [5.74, 6) is 1.11. The number of benzene rings is 2. The maximum atomic E-state index is 12.4. The molecule has 5 rings (SSSR count). The van der Waals surface area contributed by atoms with Crippen molar-refractivity contribution in [1.29, 1.82) is 0 Å². The third-order valence-corrected chi connectivity index (χ3v) is 5.44. The molecular formula is C28H26N4O4. The summed E-state index contributed by atoms with van der Waals surface area (Å²) >= 11 is 0. The second-order valence-electron chi connectivity index (χ2n) is 9.45. The molecule has 3 heterocycles. The Labute approximate surface area is 207 Å². The van der Waals surface area contributed by atoms with Crippen molar-refractivity contribution >= 4 is 33.7 Å². The molecule has 2 N–H and O–H groups in total. The van der Waals surface area contributed by atoms with Gasteiger partial charge in [0.05, 0.1) is 5.52 Å². The van der Waals surface area contributed by atoms with E-state index < -0.39 is 11.7 Å². The van der Waals surface area contributed by atoms with E-state index in [-0.39, 0.29) is 5.56 Å². The van der Waals surface area contributed by atoms with E-state index in [9.17, 15) is 9.59 Å². The zero-order valence-electron chi connectivity index (χ0n) is 20.2. The molecule has 0 amide bonds. The first-order valence-corrected chi connectivity index (χ1v) is 11.6. The fourth-order valence-electron chi connectivity index (χ4n) is 3.88. The molecule has 0 radical (unpaired) electrons. The van der Waals surface area contributed by atoms with Crippen LogP contribution in [-0.4, -0.2) is 26.2 Å². The molecule has 0 spiro atoms. The molecule has 8 heteroatoms. The summed E-state index contributed by atoms with van der Waals surface area (Å²) in [5, 5.41) is 5.05. The Morgan fingerprint density at radius 3 is 2.72 bits per heavy atom. The first-order valence-electron chi connectivity index (χ1n) is 11.6. The third kappa shape index (κ3) is 5.07. The molecule has 182 valence electrons. The largest absolute Gasteiger partial charge is 0.456 e. The first kappa shape index (κ1) is 23.2. The number of hydrogen-bond acceptors (Lipinski definition) is 6. The van der Waals surface area contributed by atoms with Gasteiger partial charge in [0, 0.05) is 47.5 Å². The average molecular weight is 483 g/mol. The maximum absolute atomic E-state index is 12.4. The van der Waals surface area contributed by atoms with Crippen LogP contribution in [0.25, 0.3) is 21.9 Å². The molecule has 5 aromatic rings. The number of hydrogen-bond donors (Lipinski definition) is 2. The lowest BCUT2D eigenvalue weighted by Crippen LogP contribution is -2.26. The number of carbonyl (C=O) groups is 1. The zero-order chi connectivity index (χ0) is 25.3. The summed E-state index contributed by atoms with van der Waals surface area (Å²) in [5.41, 5.74) is 2.27. The fourth-order valence-corrected chi connectivity index (χ4v) is 3.88. The van der Waals surface area contributed by atoms with Crippen LogP contribution < -0.4 is 15.6 Å². The number of nitrogens with zero attached hydrogens (tertiary/aromatic N) is 2. The molecule has 0 saturated carbocycles. The van der Waals surface area contributed by atoms with Gasteiger partial charge < -0.3 is 19.8 Å². The summed E-state index contributed by atoms with van der Waals surface area (Å²) in [7, 11) is 0. The van der Waals surface area contributed by atoms with E-state index in [1.54, 1.807) is 12.4 Å². The second-order valence-corrected chi connectivity index (χ2v) is 9.45. The molecule has 0 aliphatic heterocycles. The van der Waals surface area contributed by atoms with E-state index >= 15 is 0 Å². The Balaban J connectivity index is 1.30. The number of aromatic nitrogens is 3. The Hall–Kier alpha value is -4.59. The Morgan fingerprint density at radius 1 is 1.06 bits per heavy atom. The van der Waals surface area contributed by atoms with Gasteiger partial charge in [0.1, 0.15) is 22.7 Å². The minimum Gasteiger partial charge on any atom is -0.456 e. The van der Waals surface area contributed by atoms with Crippen LogP contribution in [-0.2, 0) is 11.3 Å². The highest BCUT2D eigenvalue weighted by Crippen LogP contribution is 2.29. The van der Waals surface area contributed by atoms with Crippen LogP contribution in [0.3, 0.4) is 0 Å². The standard InChI is InChI=1S/C28H26N4O4/c1-28(2,3)36-27(34)32-12-11-19-13-18(17-30-26(19)32)16-29-20-7-6-8-21(14-20)35-24-15-25(33)31-23-10-5-4-9-22(23)24/h4-15,17,29H,16H2,1-3H3,(H,31,33). The molecule has 0 bridgehead atoms. The van der Waals surface area contributed by atoms with Crippen LogP contribution in [0.5, 0.6) is 11.5 Å². The summed E-state index contributed by atoms with van der Waals surface area (Å²) in [4.78, 5) is 31.8. The van der Waals surface area contributed by atoms with Crippen molar-refractivity contribution in [3.8, 4) is 11.5 Å². The number of aromatic amines is 1. The number of carbonyl (C=O) groups excluding carboxylic acids is 1. The third-order valence-electron chi connectivity index (χ3n) is 5.44. The minimum atomic E-state index is -0.584. The van der Waals surface area contributed by atoms with Crippen LogP contribution in [0.1, 0.15) is 26.3 Å². The lowest BCUT2D eigenvalue weighted by molar-refractivity contribution is 0.0543. The van der Waals surface area contributed by atoms with Gasteiger partial charge in [-0.1, -0.05) is 18.2 Å². The number of anilines is 1. The van der Waals surface area contributed by atoms with E-state index in [0.717, 1.165) is 27.5 Å². The van der Waals surface area contributed by atoms with Gasteiger partial charge in [0.2, 0.25) is 0 Å². The van der Waals surface area contributed by atoms with Gasteiger partial charge in [-0.15, -0.1) is 0 Å². The summed E-state index contributed by atoms with van der Waals surface area (Å²) < 4.78 is 12.9. The van der Waals surface area contributed by atoms with E-state index in [0.29, 0.717) is 23.7 Å². The molecule has 0 saturated heterocycles. The molecule has 0 fully saturated rings. The van der Waals surface area contributed by atoms with Gasteiger partial charge in [-0.05, 0) is 62.7 Å². The van der Waals surface area contributed by atoms with Crippen molar-refractivity contribution in [3.05, 3.63) is 95.0 Å². The van der Waals surface area contributed by atoms with Crippen molar-refractivity contribution in [2.75, 3.05) is 5.32 Å². The van der Waals surface area contributed by atoms with E-state index in [1.165, 1.54) is 10.6 Å². The molecule has 0 unspecified atom stereocenters. The number of nitrogens with one attached hydrogen (secondary N) is 2. The van der Waals surface area contributed by atoms with Crippen LogP contribution in [0.2, 0.25) is 0 Å². The molecule has 0 atom stereocenters. The summed E-state index contributed by atoms with van der Waals surface area (Å²) in [6, 6.07) is 20.3. The van der Waals surface area contributed by atoms with Crippen molar-refractivity contribution in [2.24, 2.45) is 0 Å². The molecule has 3 aromatic heterocycles. The first-order chi connectivity index (χ1) is 17.2. The summed E-state index contributed by atoms with van der Waals surface area (Å²) in [6.45, 7) is 6.01. The Kier molecular flexibility index (Phi) is 5.93. The Bertz CT molecular complexity index is 1630. The number of pyridine rings is 2. The van der Waals surface area contributed by atoms with E-state index in [4.69, 9.17) is 9.47 Å². The highest BCUT2D eigenvalue weighted by molar-refractivity contribution is 5.87. The van der Waals surface area contributed by atoms with E-state index in [2.05, 4.69) is 15.3 Å². The van der Waals surface area contributed by atoms with Gasteiger partial charge in [-0.2, -0.15) is 0 Å². The Morgan fingerprint density at radius 2 is 1.89 bits per heavy atom. The predicted molar refractivity (Wildman–Crippen MR) is 140 cm³/mol. The summed E-state index contributed by atoms with van der Waals surface area (Å²) in [6.07, 6.45) is 2.95. The van der Waals surface area contributed by atoms with Crippen LogP contribution in [0.4, 0.5) is 10.5 Å². The quantitative estimate of drug-likeness (QED) is 0.316. The second kappa shape index (κ2) is 9.22. The van der Waals surface area contributed by atoms with Crippen molar-refractivity contribution in [3.63, 3.8) is 0 Å². The van der Waals surface area contributed by atoms with Crippen LogP contribution in [0, 0.1) is 0 Å². The SMILES string of the molecule is CC(C)(C)OC(=O)n1ccc2cc(CNc3cccc(Oc4cc(=O)[nH]c5ccccc45)c3)cnc21. The molecule has 36 heavy (non-hydrogen) atoms. The molecule has 2 aromatic carbocycles. The zero-order valence-corrected chi connectivity index (χ0v) is 20.2. The number of fused-ring (bicyclic) bond motifs is 2. The normalized spacial score (nSPS) is 11.5. The average Bonchev–Trinajstić information content (AvgIpc) is 3.25. The number of ether oxygens (including phenoxy) is 2. The smallest absolute Gasteiger partial charge is 0.420 e. The van der Waals surface area contributed by atoms with Gasteiger partial charge in [0.25, 0.3) is 5.56 Å². The monoisotopic (exact) mass is 482 g/mol. The minimum absolute atomic E-state index is 0.221. The highest BCUT2D eigenvalue weighted by atomic mass is 16.6. The van der Waals surface area contributed by atoms with Gasteiger partial charge in [-0.25, -0.2) is 14.3 Å². The van der Waals surface area contributed by atoms with Gasteiger partial charge in [-0.3, -0.25) is 4.79 Å². The lowest BCUT2D eigenvalue weighted by Gasteiger charge is -2.19. The van der Waals surface area contributed by atoms with Crippen molar-refractivity contribution in [1.82, 2.24) is 14.5 Å². The number of para-hydroxylation sites is 1. The van der Waals surface area contributed by atoms with Crippen molar-refractivity contribution < 1.29 is 14.3 Å². The maximum Gasteiger partial charge on any atom is 0.420 e. The van der Waals surface area contributed by atoms with E-state index in [1.807, 2.05) is 81.4 Å². The molecule has 0 aliphatic rings. The molecule has 8 nitrogen and oxygen atoms in total. The molecular weight excluding hydrogens is 456 g/mol. The number of rotatable bonds is 5. The topological polar surface area (TPSA) is 98.2 Å². The van der Waals surface area contributed by atoms with Crippen LogP contribution >= 0.6 is 0 Å². The number of H-pyrrole nitrogens is 1.